The fourth-order valence-electron chi connectivity index (χ4n) is 2.55. The van der Waals surface area contributed by atoms with Crippen molar-refractivity contribution < 1.29 is 0 Å². The van der Waals surface area contributed by atoms with Crippen molar-refractivity contribution >= 4 is 10.8 Å². The van der Waals surface area contributed by atoms with E-state index in [1.807, 2.05) is 43.3 Å². The van der Waals surface area contributed by atoms with E-state index in [2.05, 4.69) is 18.2 Å². The van der Waals surface area contributed by atoms with E-state index in [-0.39, 0.29) is 11.1 Å². The Morgan fingerprint density at radius 1 is 1.05 bits per heavy atom. The van der Waals surface area contributed by atoms with E-state index in [4.69, 9.17) is 5.26 Å². The first kappa shape index (κ1) is 13.1. The average Bonchev–Trinajstić information content (AvgIpc) is 2.52. The average molecular weight is 274 g/mol. The molecule has 0 saturated heterocycles. The third-order valence-electron chi connectivity index (χ3n) is 3.72. The molecule has 0 N–H and O–H groups in total. The normalized spacial score (nSPS) is 10.5. The Hall–Kier alpha value is -2.86. The summed E-state index contributed by atoms with van der Waals surface area (Å²) >= 11 is 0. The Labute approximate surface area is 122 Å². The van der Waals surface area contributed by atoms with E-state index in [1.165, 1.54) is 0 Å². The molecule has 1 heterocycles. The molecule has 0 saturated carbocycles. The molecule has 0 aliphatic rings. The molecule has 3 rings (SSSR count). The van der Waals surface area contributed by atoms with Gasteiger partial charge in [-0.25, -0.2) is 0 Å². The molecule has 102 valence electrons. The molecule has 1 aromatic heterocycles. The van der Waals surface area contributed by atoms with Gasteiger partial charge in [0.05, 0.1) is 6.54 Å². The number of nitrogens with zero attached hydrogens (tertiary/aromatic N) is 2. The van der Waals surface area contributed by atoms with Crippen LogP contribution in [0.15, 0.2) is 59.4 Å². The van der Waals surface area contributed by atoms with Gasteiger partial charge in [0, 0.05) is 5.69 Å². The standard InChI is InChI=1S/C18H14N2O/c1-13-9-10-15(11-19)18(21)20(13)12-16-7-4-6-14-5-2-3-8-17(14)16/h2-10H,12H2,1H3. The highest BCUT2D eigenvalue weighted by molar-refractivity contribution is 5.85. The molecule has 0 amide bonds. The lowest BCUT2D eigenvalue weighted by Gasteiger charge is -2.12. The van der Waals surface area contributed by atoms with Crippen LogP contribution in [-0.2, 0) is 6.54 Å². The van der Waals surface area contributed by atoms with E-state index in [1.54, 1.807) is 10.6 Å². The van der Waals surface area contributed by atoms with Crippen molar-refractivity contribution in [2.75, 3.05) is 0 Å². The SMILES string of the molecule is Cc1ccc(C#N)c(=O)n1Cc1cccc2ccccc12. The molecule has 0 radical (unpaired) electrons. The van der Waals surface area contributed by atoms with Crippen molar-refractivity contribution in [1.82, 2.24) is 4.57 Å². The van der Waals surface area contributed by atoms with Crippen molar-refractivity contribution in [3.05, 3.63) is 81.8 Å². The predicted octanol–water partition coefficient (Wildman–Crippen LogP) is 3.23. The van der Waals surface area contributed by atoms with Crippen molar-refractivity contribution in [2.24, 2.45) is 0 Å². The second-order valence-electron chi connectivity index (χ2n) is 5.03. The summed E-state index contributed by atoms with van der Waals surface area (Å²) in [6, 6.07) is 19.5. The number of pyridine rings is 1. The van der Waals surface area contributed by atoms with E-state index < -0.39 is 0 Å². The Morgan fingerprint density at radius 2 is 1.81 bits per heavy atom. The number of fused-ring (bicyclic) bond motifs is 1. The Morgan fingerprint density at radius 3 is 2.62 bits per heavy atom. The monoisotopic (exact) mass is 274 g/mol. The Kier molecular flexibility index (Phi) is 3.29. The van der Waals surface area contributed by atoms with Gasteiger partial charge in [-0.15, -0.1) is 0 Å². The van der Waals surface area contributed by atoms with Gasteiger partial charge in [-0.3, -0.25) is 4.79 Å². The van der Waals surface area contributed by atoms with Crippen molar-refractivity contribution in [1.29, 1.82) is 5.26 Å². The number of aromatic nitrogens is 1. The van der Waals surface area contributed by atoms with E-state index in [0.29, 0.717) is 6.54 Å². The third-order valence-corrected chi connectivity index (χ3v) is 3.72. The fourth-order valence-corrected chi connectivity index (χ4v) is 2.55. The molecule has 0 unspecified atom stereocenters. The van der Waals surface area contributed by atoms with Crippen molar-refractivity contribution in [2.45, 2.75) is 13.5 Å². The lowest BCUT2D eigenvalue weighted by molar-refractivity contribution is 0.731. The van der Waals surface area contributed by atoms with Gasteiger partial charge >= 0.3 is 0 Å². The van der Waals surface area contributed by atoms with Crippen LogP contribution in [0.1, 0.15) is 16.8 Å². The molecule has 0 bridgehead atoms. The van der Waals surface area contributed by atoms with Gasteiger partial charge in [-0.2, -0.15) is 5.26 Å². The molecule has 0 fully saturated rings. The van der Waals surface area contributed by atoms with E-state index in [9.17, 15) is 4.79 Å². The topological polar surface area (TPSA) is 45.8 Å². The minimum atomic E-state index is -0.231. The molecule has 2 aromatic carbocycles. The molecule has 3 heteroatoms. The largest absolute Gasteiger partial charge is 0.307 e. The first-order valence-corrected chi connectivity index (χ1v) is 6.78. The minimum Gasteiger partial charge on any atom is -0.307 e. The second kappa shape index (κ2) is 5.26. The lowest BCUT2D eigenvalue weighted by atomic mass is 10.0. The van der Waals surface area contributed by atoms with Gasteiger partial charge < -0.3 is 4.57 Å². The zero-order valence-electron chi connectivity index (χ0n) is 11.7. The smallest absolute Gasteiger partial charge is 0.268 e. The number of hydrogen-bond acceptors (Lipinski definition) is 2. The van der Waals surface area contributed by atoms with Crippen LogP contribution in [0, 0.1) is 18.3 Å². The number of aryl methyl sites for hydroxylation is 1. The maximum atomic E-state index is 12.3. The van der Waals surface area contributed by atoms with E-state index >= 15 is 0 Å². The van der Waals surface area contributed by atoms with Gasteiger partial charge in [0.2, 0.25) is 0 Å². The molecule has 0 aliphatic heterocycles. The minimum absolute atomic E-state index is 0.181. The van der Waals surface area contributed by atoms with Crippen LogP contribution in [0.3, 0.4) is 0 Å². The van der Waals surface area contributed by atoms with Gasteiger partial charge in [-0.05, 0) is 35.4 Å². The predicted molar refractivity (Wildman–Crippen MR) is 83.2 cm³/mol. The summed E-state index contributed by atoms with van der Waals surface area (Å²) in [7, 11) is 0. The molecule has 21 heavy (non-hydrogen) atoms. The molecular weight excluding hydrogens is 260 g/mol. The highest BCUT2D eigenvalue weighted by Gasteiger charge is 2.08. The number of hydrogen-bond donors (Lipinski definition) is 0. The summed E-state index contributed by atoms with van der Waals surface area (Å²) in [4.78, 5) is 12.3. The van der Waals surface area contributed by atoms with Crippen LogP contribution >= 0.6 is 0 Å². The van der Waals surface area contributed by atoms with Crippen LogP contribution in [0.25, 0.3) is 10.8 Å². The maximum Gasteiger partial charge on any atom is 0.268 e. The first-order valence-electron chi connectivity index (χ1n) is 6.78. The summed E-state index contributed by atoms with van der Waals surface area (Å²) in [5.41, 5.74) is 1.88. The number of benzene rings is 2. The first-order chi connectivity index (χ1) is 10.2. The number of nitriles is 1. The van der Waals surface area contributed by atoms with Crippen LogP contribution in [-0.4, -0.2) is 4.57 Å². The van der Waals surface area contributed by atoms with Crippen LogP contribution in [0.2, 0.25) is 0 Å². The third kappa shape index (κ3) is 2.32. The van der Waals surface area contributed by atoms with E-state index in [0.717, 1.165) is 22.0 Å². The van der Waals surface area contributed by atoms with Gasteiger partial charge in [0.25, 0.3) is 5.56 Å². The zero-order valence-corrected chi connectivity index (χ0v) is 11.7. The highest BCUT2D eigenvalue weighted by Crippen LogP contribution is 2.19. The molecule has 3 nitrogen and oxygen atoms in total. The molecule has 0 atom stereocenters. The maximum absolute atomic E-state index is 12.3. The van der Waals surface area contributed by atoms with Crippen molar-refractivity contribution in [3.63, 3.8) is 0 Å². The van der Waals surface area contributed by atoms with Gasteiger partial charge in [0.1, 0.15) is 11.6 Å². The molecule has 0 spiro atoms. The summed E-state index contributed by atoms with van der Waals surface area (Å²) < 4.78 is 1.65. The Bertz CT molecular complexity index is 911. The Balaban J connectivity index is 2.16. The molecule has 3 aromatic rings. The summed E-state index contributed by atoms with van der Waals surface area (Å²) in [5, 5.41) is 11.3. The van der Waals surface area contributed by atoms with Gasteiger partial charge in [0.15, 0.2) is 0 Å². The van der Waals surface area contributed by atoms with Crippen LogP contribution in [0.4, 0.5) is 0 Å². The lowest BCUT2D eigenvalue weighted by Crippen LogP contribution is -2.24. The zero-order chi connectivity index (χ0) is 14.8. The molecule has 0 aliphatic carbocycles. The second-order valence-corrected chi connectivity index (χ2v) is 5.03. The number of rotatable bonds is 2. The summed E-state index contributed by atoms with van der Waals surface area (Å²) in [6.07, 6.45) is 0. The van der Waals surface area contributed by atoms with Crippen LogP contribution < -0.4 is 5.56 Å². The fraction of sp³-hybridized carbons (Fsp3) is 0.111. The quantitative estimate of drug-likeness (QED) is 0.720. The van der Waals surface area contributed by atoms with Crippen molar-refractivity contribution in [3.8, 4) is 6.07 Å². The van der Waals surface area contributed by atoms with Crippen LogP contribution in [0.5, 0.6) is 0 Å². The van der Waals surface area contributed by atoms with Gasteiger partial charge in [-0.1, -0.05) is 42.5 Å². The summed E-state index contributed by atoms with van der Waals surface area (Å²) in [5.74, 6) is 0. The molecular formula is C18H14N2O. The highest BCUT2D eigenvalue weighted by atomic mass is 16.1. The summed E-state index contributed by atoms with van der Waals surface area (Å²) in [6.45, 7) is 2.36.